The van der Waals surface area contributed by atoms with Gasteiger partial charge in [-0.25, -0.2) is 0 Å². The van der Waals surface area contributed by atoms with Crippen molar-refractivity contribution in [2.45, 2.75) is 33.1 Å². The third kappa shape index (κ3) is 3.90. The fraction of sp³-hybridized carbons (Fsp3) is 0.333. The summed E-state index contributed by atoms with van der Waals surface area (Å²) in [5.74, 6) is -0.0912. The molecule has 0 unspecified atom stereocenters. The second-order valence-corrected chi connectivity index (χ2v) is 6.76. The van der Waals surface area contributed by atoms with Gasteiger partial charge in [-0.1, -0.05) is 32.0 Å². The van der Waals surface area contributed by atoms with Gasteiger partial charge < -0.3 is 10.2 Å². The summed E-state index contributed by atoms with van der Waals surface area (Å²) in [6.07, 6.45) is 3.12. The highest BCUT2D eigenvalue weighted by Crippen LogP contribution is 2.27. The monoisotopic (exact) mass is 336 g/mol. The van der Waals surface area contributed by atoms with E-state index in [-0.39, 0.29) is 17.7 Å². The summed E-state index contributed by atoms with van der Waals surface area (Å²) in [6.45, 7) is 4.44. The van der Waals surface area contributed by atoms with Crippen LogP contribution in [0, 0.1) is 5.92 Å². The lowest BCUT2D eigenvalue weighted by molar-refractivity contribution is -0.118. The summed E-state index contributed by atoms with van der Waals surface area (Å²) >= 11 is 0. The predicted octanol–water partition coefficient (Wildman–Crippen LogP) is 4.26. The third-order valence-electron chi connectivity index (χ3n) is 4.53. The van der Waals surface area contributed by atoms with Crippen molar-refractivity contribution >= 4 is 23.2 Å². The second-order valence-electron chi connectivity index (χ2n) is 6.76. The van der Waals surface area contributed by atoms with Crippen molar-refractivity contribution in [3.8, 4) is 0 Å². The van der Waals surface area contributed by atoms with E-state index in [4.69, 9.17) is 0 Å². The smallest absolute Gasteiger partial charge is 0.258 e. The molecule has 1 heterocycles. The zero-order chi connectivity index (χ0) is 17.8. The normalized spacial score (nSPS) is 14.0. The Balaban J connectivity index is 1.80. The van der Waals surface area contributed by atoms with Crippen LogP contribution < -0.4 is 10.2 Å². The number of anilines is 2. The molecular weight excluding hydrogens is 312 g/mol. The lowest BCUT2D eigenvalue weighted by Gasteiger charge is -2.23. The average molecular weight is 336 g/mol. The molecule has 130 valence electrons. The van der Waals surface area contributed by atoms with Gasteiger partial charge in [0, 0.05) is 29.4 Å². The van der Waals surface area contributed by atoms with Crippen LogP contribution in [0.5, 0.6) is 0 Å². The maximum atomic E-state index is 13.0. The van der Waals surface area contributed by atoms with Crippen LogP contribution in [-0.4, -0.2) is 18.4 Å². The Bertz CT molecular complexity index is 766. The molecule has 0 spiro atoms. The summed E-state index contributed by atoms with van der Waals surface area (Å²) in [5, 5.41) is 2.85. The predicted molar refractivity (Wildman–Crippen MR) is 101 cm³/mol. The van der Waals surface area contributed by atoms with Crippen LogP contribution in [0.1, 0.15) is 42.6 Å². The van der Waals surface area contributed by atoms with E-state index < -0.39 is 0 Å². The Kier molecular flexibility index (Phi) is 5.17. The molecule has 3 rings (SSSR count). The number of fused-ring (bicyclic) bond motifs is 1. The molecule has 0 aliphatic carbocycles. The number of nitrogens with one attached hydrogen (secondary N) is 1. The molecule has 25 heavy (non-hydrogen) atoms. The van der Waals surface area contributed by atoms with Crippen molar-refractivity contribution in [1.29, 1.82) is 0 Å². The number of benzene rings is 2. The van der Waals surface area contributed by atoms with Gasteiger partial charge >= 0.3 is 0 Å². The number of rotatable bonds is 3. The molecule has 0 atom stereocenters. The number of para-hydroxylation sites is 1. The number of amides is 2. The van der Waals surface area contributed by atoms with Crippen molar-refractivity contribution in [2.24, 2.45) is 5.92 Å². The first-order valence-electron chi connectivity index (χ1n) is 8.87. The van der Waals surface area contributed by atoms with Crippen LogP contribution in [0.15, 0.2) is 48.5 Å². The first-order valence-corrected chi connectivity index (χ1v) is 8.87. The van der Waals surface area contributed by atoms with E-state index in [0.717, 1.165) is 31.5 Å². The van der Waals surface area contributed by atoms with Crippen LogP contribution >= 0.6 is 0 Å². The van der Waals surface area contributed by atoms with Crippen molar-refractivity contribution in [3.63, 3.8) is 0 Å². The molecule has 0 saturated carbocycles. The molecule has 0 bridgehead atoms. The Morgan fingerprint density at radius 3 is 2.44 bits per heavy atom. The van der Waals surface area contributed by atoms with E-state index in [1.165, 1.54) is 5.56 Å². The van der Waals surface area contributed by atoms with Crippen LogP contribution in [0.2, 0.25) is 0 Å². The van der Waals surface area contributed by atoms with E-state index >= 15 is 0 Å². The molecule has 0 aromatic heterocycles. The SMILES string of the molecule is CC(C)C(=O)Nc1ccc(C(=O)N2CCCCc3ccccc32)cc1. The minimum atomic E-state index is -0.0742. The molecule has 4 nitrogen and oxygen atoms in total. The van der Waals surface area contributed by atoms with Gasteiger partial charge in [-0.3, -0.25) is 9.59 Å². The number of hydrogen-bond acceptors (Lipinski definition) is 2. The topological polar surface area (TPSA) is 49.4 Å². The summed E-state index contributed by atoms with van der Waals surface area (Å²) in [7, 11) is 0. The number of hydrogen-bond donors (Lipinski definition) is 1. The van der Waals surface area contributed by atoms with Gasteiger partial charge in [-0.2, -0.15) is 0 Å². The highest BCUT2D eigenvalue weighted by atomic mass is 16.2. The van der Waals surface area contributed by atoms with E-state index in [1.54, 1.807) is 24.3 Å². The van der Waals surface area contributed by atoms with Crippen molar-refractivity contribution in [3.05, 3.63) is 59.7 Å². The first kappa shape index (κ1) is 17.2. The fourth-order valence-corrected chi connectivity index (χ4v) is 3.04. The number of carbonyl (C=O) groups is 2. The molecule has 0 radical (unpaired) electrons. The van der Waals surface area contributed by atoms with Gasteiger partial charge in [0.25, 0.3) is 5.91 Å². The van der Waals surface area contributed by atoms with Gasteiger partial charge in [-0.15, -0.1) is 0 Å². The average Bonchev–Trinajstić information content (AvgIpc) is 2.84. The Hall–Kier alpha value is -2.62. The minimum absolute atomic E-state index is 0.0103. The molecule has 1 aliphatic heterocycles. The summed E-state index contributed by atoms with van der Waals surface area (Å²) in [5.41, 5.74) is 3.60. The zero-order valence-corrected chi connectivity index (χ0v) is 14.8. The Morgan fingerprint density at radius 1 is 1.00 bits per heavy atom. The molecule has 4 heteroatoms. The van der Waals surface area contributed by atoms with Gasteiger partial charge in [0.1, 0.15) is 0 Å². The maximum Gasteiger partial charge on any atom is 0.258 e. The molecular formula is C21H24N2O2. The summed E-state index contributed by atoms with van der Waals surface area (Å²) in [4.78, 5) is 26.6. The Morgan fingerprint density at radius 2 is 1.72 bits per heavy atom. The second kappa shape index (κ2) is 7.51. The minimum Gasteiger partial charge on any atom is -0.326 e. The molecule has 2 aromatic carbocycles. The van der Waals surface area contributed by atoms with Crippen LogP contribution in [-0.2, 0) is 11.2 Å². The highest BCUT2D eigenvalue weighted by Gasteiger charge is 2.22. The van der Waals surface area contributed by atoms with Crippen molar-refractivity contribution in [2.75, 3.05) is 16.8 Å². The summed E-state index contributed by atoms with van der Waals surface area (Å²) < 4.78 is 0. The van der Waals surface area contributed by atoms with Crippen molar-refractivity contribution in [1.82, 2.24) is 0 Å². The molecule has 2 aromatic rings. The largest absolute Gasteiger partial charge is 0.326 e. The maximum absolute atomic E-state index is 13.0. The molecule has 1 N–H and O–H groups in total. The Labute approximate surface area is 148 Å². The van der Waals surface area contributed by atoms with Gasteiger partial charge in [0.05, 0.1) is 0 Å². The van der Waals surface area contributed by atoms with E-state index in [9.17, 15) is 9.59 Å². The summed E-state index contributed by atoms with van der Waals surface area (Å²) in [6, 6.07) is 15.3. The first-order chi connectivity index (χ1) is 12.1. The number of nitrogens with zero attached hydrogens (tertiary/aromatic N) is 1. The fourth-order valence-electron chi connectivity index (χ4n) is 3.04. The van der Waals surface area contributed by atoms with Crippen LogP contribution in [0.4, 0.5) is 11.4 Å². The number of aryl methyl sites for hydroxylation is 1. The lowest BCUT2D eigenvalue weighted by Crippen LogP contribution is -2.31. The van der Waals surface area contributed by atoms with E-state index in [0.29, 0.717) is 11.3 Å². The van der Waals surface area contributed by atoms with E-state index in [1.807, 2.05) is 36.9 Å². The molecule has 0 fully saturated rings. The highest BCUT2D eigenvalue weighted by molar-refractivity contribution is 6.07. The van der Waals surface area contributed by atoms with Gasteiger partial charge in [0.15, 0.2) is 0 Å². The van der Waals surface area contributed by atoms with Crippen LogP contribution in [0.3, 0.4) is 0 Å². The zero-order valence-electron chi connectivity index (χ0n) is 14.8. The van der Waals surface area contributed by atoms with Crippen LogP contribution in [0.25, 0.3) is 0 Å². The molecule has 2 amide bonds. The quantitative estimate of drug-likeness (QED) is 0.910. The molecule has 1 aliphatic rings. The van der Waals surface area contributed by atoms with Gasteiger partial charge in [0.2, 0.25) is 5.91 Å². The van der Waals surface area contributed by atoms with E-state index in [2.05, 4.69) is 11.4 Å². The number of carbonyl (C=O) groups excluding carboxylic acids is 2. The standard InChI is InChI=1S/C21H24N2O2/c1-15(2)20(24)22-18-12-10-17(11-13-18)21(25)23-14-6-5-8-16-7-3-4-9-19(16)23/h3-4,7,9-13,15H,5-6,8,14H2,1-2H3,(H,22,24). The van der Waals surface area contributed by atoms with Gasteiger partial charge in [-0.05, 0) is 55.2 Å². The molecule has 0 saturated heterocycles. The lowest BCUT2D eigenvalue weighted by atomic mass is 10.1. The van der Waals surface area contributed by atoms with Crippen molar-refractivity contribution < 1.29 is 9.59 Å². The third-order valence-corrected chi connectivity index (χ3v) is 4.53.